The van der Waals surface area contributed by atoms with Crippen molar-refractivity contribution in [3.63, 3.8) is 0 Å². The summed E-state index contributed by atoms with van der Waals surface area (Å²) < 4.78 is 0. The second-order valence-electron chi connectivity index (χ2n) is 9.12. The number of aliphatic hydroxyl groups excluding tert-OH is 1. The van der Waals surface area contributed by atoms with E-state index in [1.54, 1.807) is 0 Å². The van der Waals surface area contributed by atoms with Gasteiger partial charge in [0.05, 0.1) is 12.2 Å². The van der Waals surface area contributed by atoms with Gasteiger partial charge in [-0.05, 0) is 75.0 Å². The molecule has 2 aliphatic carbocycles. The quantitative estimate of drug-likeness (QED) is 0.739. The normalized spacial score (nSPS) is 42.0. The van der Waals surface area contributed by atoms with Gasteiger partial charge >= 0.3 is 0 Å². The van der Waals surface area contributed by atoms with E-state index >= 15 is 0 Å². The van der Waals surface area contributed by atoms with E-state index in [0.29, 0.717) is 11.3 Å². The fraction of sp³-hybridized carbons (Fsp3) is 0.900. The zero-order valence-electron chi connectivity index (χ0n) is 15.3. The van der Waals surface area contributed by atoms with Crippen LogP contribution in [0.1, 0.15) is 79.6 Å². The van der Waals surface area contributed by atoms with Gasteiger partial charge in [-0.2, -0.15) is 0 Å². The van der Waals surface area contributed by atoms with E-state index in [2.05, 4.69) is 34.6 Å². The summed E-state index contributed by atoms with van der Waals surface area (Å²) in [5.74, 6) is 1.08. The molecular weight excluding hydrogens is 272 g/mol. The van der Waals surface area contributed by atoms with Gasteiger partial charge in [0, 0.05) is 0 Å². The Morgan fingerprint density at radius 2 is 1.82 bits per heavy atom. The summed E-state index contributed by atoms with van der Waals surface area (Å²) in [6, 6.07) is 0. The monoisotopic (exact) mass is 308 g/mol. The van der Waals surface area contributed by atoms with E-state index in [1.807, 2.05) is 6.08 Å². The molecule has 0 radical (unpaired) electrons. The first kappa shape index (κ1) is 18.0. The molecule has 0 amide bonds. The molecule has 0 aliphatic heterocycles. The van der Waals surface area contributed by atoms with Crippen molar-refractivity contribution in [2.75, 3.05) is 6.61 Å². The third kappa shape index (κ3) is 3.28. The molecule has 2 heteroatoms. The van der Waals surface area contributed by atoms with Crippen molar-refractivity contribution in [2.45, 2.75) is 85.2 Å². The number of rotatable bonds is 4. The molecule has 2 aliphatic rings. The zero-order valence-corrected chi connectivity index (χ0v) is 15.3. The van der Waals surface area contributed by atoms with Crippen LogP contribution in [-0.4, -0.2) is 22.4 Å². The van der Waals surface area contributed by atoms with Crippen molar-refractivity contribution in [2.24, 2.45) is 22.7 Å². The molecule has 4 atom stereocenters. The van der Waals surface area contributed by atoms with E-state index in [9.17, 15) is 5.11 Å². The standard InChI is InChI=1S/C20H36O2/c1-15(10-14-21)7-8-17-19(4)12-6-11-18(2,3)16(19)9-13-20(17,5)22/h10,16-17,21-22H,6-9,11-14H2,1-5H3/t16-,17?,19-,20+/m0/s1. The molecular formula is C20H36O2. The Labute approximate surface area is 137 Å². The molecule has 0 bridgehead atoms. The second-order valence-corrected chi connectivity index (χ2v) is 9.12. The van der Waals surface area contributed by atoms with Gasteiger partial charge in [0.15, 0.2) is 0 Å². The van der Waals surface area contributed by atoms with Crippen LogP contribution in [0.15, 0.2) is 11.6 Å². The van der Waals surface area contributed by atoms with Crippen LogP contribution in [-0.2, 0) is 0 Å². The molecule has 2 rings (SSSR count). The third-order valence-electron chi connectivity index (χ3n) is 7.03. The van der Waals surface area contributed by atoms with Crippen LogP contribution >= 0.6 is 0 Å². The van der Waals surface area contributed by atoms with Crippen molar-refractivity contribution in [1.82, 2.24) is 0 Å². The topological polar surface area (TPSA) is 40.5 Å². The maximum atomic E-state index is 11.1. The lowest BCUT2D eigenvalue weighted by Crippen LogP contribution is -2.57. The number of fused-ring (bicyclic) bond motifs is 1. The van der Waals surface area contributed by atoms with Crippen LogP contribution in [0, 0.1) is 22.7 Å². The van der Waals surface area contributed by atoms with Crippen molar-refractivity contribution < 1.29 is 10.2 Å². The Morgan fingerprint density at radius 1 is 1.14 bits per heavy atom. The highest BCUT2D eigenvalue weighted by Gasteiger charge is 2.57. The predicted molar refractivity (Wildman–Crippen MR) is 92.7 cm³/mol. The minimum atomic E-state index is -0.543. The lowest BCUT2D eigenvalue weighted by molar-refractivity contribution is -0.168. The Morgan fingerprint density at radius 3 is 2.45 bits per heavy atom. The molecule has 2 nitrogen and oxygen atoms in total. The molecule has 128 valence electrons. The fourth-order valence-corrected chi connectivity index (χ4v) is 5.90. The van der Waals surface area contributed by atoms with Gasteiger partial charge < -0.3 is 10.2 Å². The average Bonchev–Trinajstić information content (AvgIpc) is 2.36. The van der Waals surface area contributed by atoms with E-state index in [-0.39, 0.29) is 12.0 Å². The number of aliphatic hydroxyl groups is 2. The highest BCUT2D eigenvalue weighted by Crippen LogP contribution is 2.62. The van der Waals surface area contributed by atoms with Crippen molar-refractivity contribution in [3.8, 4) is 0 Å². The molecule has 1 unspecified atom stereocenters. The van der Waals surface area contributed by atoms with Gasteiger partial charge in [0.2, 0.25) is 0 Å². The molecule has 0 spiro atoms. The van der Waals surface area contributed by atoms with Crippen molar-refractivity contribution in [3.05, 3.63) is 11.6 Å². The van der Waals surface area contributed by atoms with Gasteiger partial charge in [0.1, 0.15) is 0 Å². The first-order chi connectivity index (χ1) is 10.1. The second kappa shape index (κ2) is 6.28. The van der Waals surface area contributed by atoms with Gasteiger partial charge in [0.25, 0.3) is 0 Å². The van der Waals surface area contributed by atoms with E-state index in [4.69, 9.17) is 5.11 Å². The highest BCUT2D eigenvalue weighted by molar-refractivity contribution is 5.09. The minimum Gasteiger partial charge on any atom is -0.392 e. The van der Waals surface area contributed by atoms with Crippen molar-refractivity contribution in [1.29, 1.82) is 0 Å². The molecule has 0 heterocycles. The fourth-order valence-electron chi connectivity index (χ4n) is 5.90. The lowest BCUT2D eigenvalue weighted by atomic mass is 9.45. The first-order valence-electron chi connectivity index (χ1n) is 9.12. The van der Waals surface area contributed by atoms with Crippen LogP contribution in [0.3, 0.4) is 0 Å². The zero-order chi connectivity index (χ0) is 16.6. The largest absolute Gasteiger partial charge is 0.392 e. The van der Waals surface area contributed by atoms with E-state index in [0.717, 1.165) is 25.2 Å². The maximum Gasteiger partial charge on any atom is 0.0653 e. The number of allylic oxidation sites excluding steroid dienone is 1. The van der Waals surface area contributed by atoms with Gasteiger partial charge in [-0.1, -0.05) is 38.8 Å². The van der Waals surface area contributed by atoms with Gasteiger partial charge in [-0.3, -0.25) is 0 Å². The van der Waals surface area contributed by atoms with Crippen LogP contribution in [0.5, 0.6) is 0 Å². The first-order valence-corrected chi connectivity index (χ1v) is 9.12. The lowest BCUT2D eigenvalue weighted by Gasteiger charge is -2.61. The van der Waals surface area contributed by atoms with Gasteiger partial charge in [-0.15, -0.1) is 0 Å². The molecule has 0 aromatic heterocycles. The summed E-state index contributed by atoms with van der Waals surface area (Å²) in [7, 11) is 0. The van der Waals surface area contributed by atoms with E-state index < -0.39 is 5.60 Å². The van der Waals surface area contributed by atoms with Crippen molar-refractivity contribution >= 4 is 0 Å². The molecule has 2 N–H and O–H groups in total. The summed E-state index contributed by atoms with van der Waals surface area (Å²) in [6.45, 7) is 11.6. The van der Waals surface area contributed by atoms with E-state index in [1.165, 1.54) is 31.3 Å². The third-order valence-corrected chi connectivity index (χ3v) is 7.03. The Balaban J connectivity index is 2.24. The SMILES string of the molecule is CC(=CCO)CCC1[C@](C)(O)CC[C@H]2C(C)(C)CCC[C@]12C. The van der Waals surface area contributed by atoms with Crippen LogP contribution < -0.4 is 0 Å². The predicted octanol–water partition coefficient (Wildman–Crippen LogP) is 4.70. The number of hydrogen-bond acceptors (Lipinski definition) is 2. The highest BCUT2D eigenvalue weighted by atomic mass is 16.3. The minimum absolute atomic E-state index is 0.125. The van der Waals surface area contributed by atoms with Crippen LogP contribution in [0.4, 0.5) is 0 Å². The summed E-state index contributed by atoms with van der Waals surface area (Å²) in [6.07, 6.45) is 9.90. The molecule has 0 saturated heterocycles. The Hall–Kier alpha value is -0.340. The summed E-state index contributed by atoms with van der Waals surface area (Å²) in [5.41, 5.74) is 1.36. The average molecular weight is 309 g/mol. The number of hydrogen-bond donors (Lipinski definition) is 2. The van der Waals surface area contributed by atoms with Crippen LogP contribution in [0.2, 0.25) is 0 Å². The smallest absolute Gasteiger partial charge is 0.0653 e. The van der Waals surface area contributed by atoms with Crippen LogP contribution in [0.25, 0.3) is 0 Å². The Bertz CT molecular complexity index is 421. The van der Waals surface area contributed by atoms with Gasteiger partial charge in [-0.25, -0.2) is 0 Å². The molecule has 0 aromatic rings. The Kier molecular flexibility index (Phi) is 5.14. The summed E-state index contributed by atoms with van der Waals surface area (Å²) in [4.78, 5) is 0. The molecule has 2 saturated carbocycles. The maximum absolute atomic E-state index is 11.1. The molecule has 0 aromatic carbocycles. The summed E-state index contributed by atoms with van der Waals surface area (Å²) >= 11 is 0. The summed E-state index contributed by atoms with van der Waals surface area (Å²) in [5, 5.41) is 20.1. The molecule has 22 heavy (non-hydrogen) atoms. The molecule has 2 fully saturated rings.